The molecule has 0 radical (unpaired) electrons. The second-order valence-corrected chi connectivity index (χ2v) is 3.81. The number of hydrogen-bond acceptors (Lipinski definition) is 5. The molecule has 5 nitrogen and oxygen atoms in total. The van der Waals surface area contributed by atoms with Gasteiger partial charge in [-0.25, -0.2) is 20.2 Å². The van der Waals surface area contributed by atoms with Crippen LogP contribution in [0.2, 0.25) is 0 Å². The van der Waals surface area contributed by atoms with E-state index in [1.54, 1.807) is 19.1 Å². The molecule has 1 heterocycles. The van der Waals surface area contributed by atoms with Gasteiger partial charge in [-0.2, -0.15) is 0 Å². The number of anilines is 2. The zero-order valence-corrected chi connectivity index (χ0v) is 9.94. The predicted molar refractivity (Wildman–Crippen MR) is 68.3 cm³/mol. The largest absolute Gasteiger partial charge is 0.366 e. The van der Waals surface area contributed by atoms with Gasteiger partial charge in [0.05, 0.1) is 0 Å². The average molecular weight is 247 g/mol. The zero-order valence-electron chi connectivity index (χ0n) is 9.94. The van der Waals surface area contributed by atoms with E-state index in [0.717, 1.165) is 5.56 Å². The predicted octanol–water partition coefficient (Wildman–Crippen LogP) is 1.82. The van der Waals surface area contributed by atoms with Crippen molar-refractivity contribution >= 4 is 11.6 Å². The normalized spacial score (nSPS) is 10.2. The Bertz CT molecular complexity index is 544. The van der Waals surface area contributed by atoms with Crippen LogP contribution in [0.15, 0.2) is 30.3 Å². The van der Waals surface area contributed by atoms with Crippen LogP contribution < -0.4 is 16.6 Å². The molecule has 6 heteroatoms. The zero-order chi connectivity index (χ0) is 13.0. The Labute approximate surface area is 104 Å². The Hall–Kier alpha value is -2.21. The van der Waals surface area contributed by atoms with Crippen molar-refractivity contribution in [3.63, 3.8) is 0 Å². The van der Waals surface area contributed by atoms with Gasteiger partial charge in [0.1, 0.15) is 23.3 Å². The molecule has 1 aromatic heterocycles. The highest BCUT2D eigenvalue weighted by Gasteiger charge is 2.01. The summed E-state index contributed by atoms with van der Waals surface area (Å²) >= 11 is 0. The standard InChI is InChI=1S/C12H14FN5/c1-8-16-11(6-12(17-8)18-14)15-7-9-3-2-4-10(13)5-9/h2-6H,7,14H2,1H3,(H2,15,16,17,18). The summed E-state index contributed by atoms with van der Waals surface area (Å²) in [4.78, 5) is 8.28. The number of benzene rings is 1. The van der Waals surface area contributed by atoms with E-state index in [0.29, 0.717) is 24.0 Å². The summed E-state index contributed by atoms with van der Waals surface area (Å²) in [5, 5.41) is 3.09. The highest BCUT2D eigenvalue weighted by atomic mass is 19.1. The lowest BCUT2D eigenvalue weighted by molar-refractivity contribution is 0.626. The molecule has 94 valence electrons. The third-order valence-corrected chi connectivity index (χ3v) is 2.35. The van der Waals surface area contributed by atoms with E-state index in [9.17, 15) is 4.39 Å². The van der Waals surface area contributed by atoms with Crippen LogP contribution in [-0.2, 0) is 6.54 Å². The van der Waals surface area contributed by atoms with E-state index < -0.39 is 0 Å². The molecule has 2 aromatic rings. The van der Waals surface area contributed by atoms with Crippen LogP contribution in [0.3, 0.4) is 0 Å². The average Bonchev–Trinajstić information content (AvgIpc) is 2.36. The van der Waals surface area contributed by atoms with Crippen molar-refractivity contribution in [3.8, 4) is 0 Å². The van der Waals surface area contributed by atoms with E-state index in [1.165, 1.54) is 12.1 Å². The molecule has 1 aromatic carbocycles. The van der Waals surface area contributed by atoms with E-state index in [2.05, 4.69) is 20.7 Å². The van der Waals surface area contributed by atoms with Crippen LogP contribution in [0, 0.1) is 12.7 Å². The third-order valence-electron chi connectivity index (χ3n) is 2.35. The van der Waals surface area contributed by atoms with E-state index >= 15 is 0 Å². The number of aromatic nitrogens is 2. The molecule has 0 saturated heterocycles. The molecule has 18 heavy (non-hydrogen) atoms. The van der Waals surface area contributed by atoms with Crippen LogP contribution in [0.5, 0.6) is 0 Å². The molecule has 0 atom stereocenters. The van der Waals surface area contributed by atoms with Gasteiger partial charge in [0.25, 0.3) is 0 Å². The summed E-state index contributed by atoms with van der Waals surface area (Å²) in [7, 11) is 0. The van der Waals surface area contributed by atoms with Crippen molar-refractivity contribution in [2.75, 3.05) is 10.7 Å². The fraction of sp³-hybridized carbons (Fsp3) is 0.167. The minimum Gasteiger partial charge on any atom is -0.366 e. The molecule has 2 rings (SSSR count). The van der Waals surface area contributed by atoms with Gasteiger partial charge < -0.3 is 10.7 Å². The van der Waals surface area contributed by atoms with Gasteiger partial charge in [-0.05, 0) is 24.6 Å². The van der Waals surface area contributed by atoms with Gasteiger partial charge in [-0.1, -0.05) is 12.1 Å². The Balaban J connectivity index is 2.08. The van der Waals surface area contributed by atoms with Gasteiger partial charge in [0.15, 0.2) is 0 Å². The summed E-state index contributed by atoms with van der Waals surface area (Å²) in [6.07, 6.45) is 0. The maximum atomic E-state index is 13.0. The van der Waals surface area contributed by atoms with E-state index in [4.69, 9.17) is 5.84 Å². The molecule has 0 aliphatic heterocycles. The van der Waals surface area contributed by atoms with Crippen LogP contribution in [0.1, 0.15) is 11.4 Å². The Kier molecular flexibility index (Phi) is 3.69. The molecular weight excluding hydrogens is 233 g/mol. The number of nitrogen functional groups attached to an aromatic ring is 1. The minimum atomic E-state index is -0.252. The first kappa shape index (κ1) is 12.3. The third kappa shape index (κ3) is 3.14. The lowest BCUT2D eigenvalue weighted by Gasteiger charge is -2.08. The first-order valence-corrected chi connectivity index (χ1v) is 5.48. The molecule has 0 aliphatic carbocycles. The van der Waals surface area contributed by atoms with Crippen LogP contribution in [0.4, 0.5) is 16.0 Å². The summed E-state index contributed by atoms with van der Waals surface area (Å²) in [5.74, 6) is 6.82. The molecular formula is C12H14FN5. The van der Waals surface area contributed by atoms with Gasteiger partial charge in [0, 0.05) is 12.6 Å². The molecule has 4 N–H and O–H groups in total. The van der Waals surface area contributed by atoms with Crippen molar-refractivity contribution in [3.05, 3.63) is 47.5 Å². The second kappa shape index (κ2) is 5.42. The number of nitrogens with one attached hydrogen (secondary N) is 2. The quantitative estimate of drug-likeness (QED) is 0.567. The van der Waals surface area contributed by atoms with Gasteiger partial charge in [-0.3, -0.25) is 0 Å². The highest BCUT2D eigenvalue weighted by molar-refractivity contribution is 5.47. The summed E-state index contributed by atoms with van der Waals surface area (Å²) in [6, 6.07) is 8.08. The van der Waals surface area contributed by atoms with Crippen molar-refractivity contribution in [2.45, 2.75) is 13.5 Å². The molecule has 0 amide bonds. The molecule has 0 saturated carbocycles. The number of hydrazine groups is 1. The Morgan fingerprint density at radius 1 is 1.22 bits per heavy atom. The molecule has 0 aliphatic rings. The van der Waals surface area contributed by atoms with Crippen LogP contribution >= 0.6 is 0 Å². The molecule has 0 bridgehead atoms. The summed E-state index contributed by atoms with van der Waals surface area (Å²) in [6.45, 7) is 2.26. The van der Waals surface area contributed by atoms with Crippen LogP contribution in [-0.4, -0.2) is 9.97 Å². The lowest BCUT2D eigenvalue weighted by atomic mass is 10.2. The number of hydrogen-bond donors (Lipinski definition) is 3. The van der Waals surface area contributed by atoms with Crippen molar-refractivity contribution in [2.24, 2.45) is 5.84 Å². The topological polar surface area (TPSA) is 75.9 Å². The first-order chi connectivity index (χ1) is 8.67. The number of aryl methyl sites for hydroxylation is 1. The second-order valence-electron chi connectivity index (χ2n) is 3.81. The minimum absolute atomic E-state index is 0.252. The maximum Gasteiger partial charge on any atom is 0.145 e. The summed E-state index contributed by atoms with van der Waals surface area (Å²) in [5.41, 5.74) is 3.31. The van der Waals surface area contributed by atoms with E-state index in [-0.39, 0.29) is 5.82 Å². The number of rotatable bonds is 4. The molecule has 0 spiro atoms. The van der Waals surface area contributed by atoms with E-state index in [1.807, 2.05) is 6.07 Å². The van der Waals surface area contributed by atoms with Crippen molar-refractivity contribution < 1.29 is 4.39 Å². The fourth-order valence-corrected chi connectivity index (χ4v) is 1.57. The fourth-order valence-electron chi connectivity index (χ4n) is 1.57. The Morgan fingerprint density at radius 2 is 2.00 bits per heavy atom. The Morgan fingerprint density at radius 3 is 2.72 bits per heavy atom. The monoisotopic (exact) mass is 247 g/mol. The first-order valence-electron chi connectivity index (χ1n) is 5.48. The summed E-state index contributed by atoms with van der Waals surface area (Å²) < 4.78 is 13.0. The van der Waals surface area contributed by atoms with Gasteiger partial charge in [-0.15, -0.1) is 0 Å². The number of nitrogens with two attached hydrogens (primary N) is 1. The lowest BCUT2D eigenvalue weighted by Crippen LogP contribution is -2.11. The number of halogens is 1. The maximum absolute atomic E-state index is 13.0. The number of nitrogens with zero attached hydrogens (tertiary/aromatic N) is 2. The van der Waals surface area contributed by atoms with Crippen molar-refractivity contribution in [1.29, 1.82) is 0 Å². The van der Waals surface area contributed by atoms with Crippen LogP contribution in [0.25, 0.3) is 0 Å². The molecule has 0 fully saturated rings. The van der Waals surface area contributed by atoms with Gasteiger partial charge >= 0.3 is 0 Å². The highest BCUT2D eigenvalue weighted by Crippen LogP contribution is 2.12. The SMILES string of the molecule is Cc1nc(NN)cc(NCc2cccc(F)c2)n1. The van der Waals surface area contributed by atoms with Crippen molar-refractivity contribution in [1.82, 2.24) is 9.97 Å². The smallest absolute Gasteiger partial charge is 0.145 e. The molecule has 0 unspecified atom stereocenters. The van der Waals surface area contributed by atoms with Gasteiger partial charge in [0.2, 0.25) is 0 Å².